The molecule has 1 aromatic carbocycles. The maximum Gasteiger partial charge on any atom is 0.277 e. The van der Waals surface area contributed by atoms with E-state index < -0.39 is 34.9 Å². The Morgan fingerprint density at radius 1 is 1.38 bits per heavy atom. The topological polar surface area (TPSA) is 68.0 Å². The second kappa shape index (κ2) is 5.47. The van der Waals surface area contributed by atoms with Crippen molar-refractivity contribution in [1.82, 2.24) is 14.8 Å². The van der Waals surface area contributed by atoms with Gasteiger partial charge in [-0.15, -0.1) is 0 Å². The van der Waals surface area contributed by atoms with Crippen molar-refractivity contribution in [2.45, 2.75) is 12.0 Å². The van der Waals surface area contributed by atoms with Crippen molar-refractivity contribution in [3.63, 3.8) is 0 Å². The van der Waals surface area contributed by atoms with Gasteiger partial charge in [0.15, 0.2) is 11.6 Å². The van der Waals surface area contributed by atoms with E-state index in [1.165, 1.54) is 0 Å². The molecule has 1 heterocycles. The highest BCUT2D eigenvalue weighted by Crippen LogP contribution is 2.38. The fraction of sp³-hybridized carbons (Fsp3) is 0.167. The van der Waals surface area contributed by atoms with Gasteiger partial charge in [-0.3, -0.25) is 0 Å². The van der Waals surface area contributed by atoms with E-state index in [0.29, 0.717) is 22.9 Å². The van der Waals surface area contributed by atoms with Crippen LogP contribution in [0.1, 0.15) is 5.56 Å². The van der Waals surface area contributed by atoms with E-state index in [9.17, 15) is 27.5 Å². The molecule has 2 rings (SSSR count). The van der Waals surface area contributed by atoms with Gasteiger partial charge in [0.1, 0.15) is 24.3 Å². The molecular formula is C12H7F4N3O2. The number of alkyl halides is 2. The molecule has 110 valence electrons. The minimum atomic E-state index is -3.60. The Morgan fingerprint density at radius 2 is 2.10 bits per heavy atom. The summed E-state index contributed by atoms with van der Waals surface area (Å²) in [6.07, 6.45) is -1.82. The van der Waals surface area contributed by atoms with Crippen LogP contribution >= 0.6 is 0 Å². The highest BCUT2D eigenvalue weighted by atomic mass is 19.3. The summed E-state index contributed by atoms with van der Waals surface area (Å²) < 4.78 is 53.7. The Hall–Kier alpha value is -2.51. The molecule has 1 aromatic heterocycles. The van der Waals surface area contributed by atoms with Crippen LogP contribution in [0.5, 0.6) is 0 Å². The highest BCUT2D eigenvalue weighted by Gasteiger charge is 2.48. The predicted molar refractivity (Wildman–Crippen MR) is 61.7 cm³/mol. The molecule has 0 fully saturated rings. The lowest BCUT2D eigenvalue weighted by atomic mass is 9.90. The largest absolute Gasteiger partial charge is 0.373 e. The Bertz CT molecular complexity index is 699. The molecule has 0 aliphatic heterocycles. The van der Waals surface area contributed by atoms with Gasteiger partial charge in [-0.1, -0.05) is 0 Å². The fourth-order valence-corrected chi connectivity index (χ4v) is 1.77. The minimum Gasteiger partial charge on any atom is -0.373 e. The summed E-state index contributed by atoms with van der Waals surface area (Å²) in [7, 11) is 0. The van der Waals surface area contributed by atoms with Gasteiger partial charge in [-0.2, -0.15) is 5.10 Å². The first-order valence-electron chi connectivity index (χ1n) is 5.48. The summed E-state index contributed by atoms with van der Waals surface area (Å²) in [6.45, 7) is 0. The molecule has 0 aliphatic rings. The molecule has 0 amide bonds. The van der Waals surface area contributed by atoms with Gasteiger partial charge in [0.25, 0.3) is 6.43 Å². The number of carbonyl (C=O) groups excluding carboxylic acids is 1. The predicted octanol–water partition coefficient (Wildman–Crippen LogP) is 1.38. The van der Waals surface area contributed by atoms with Crippen LogP contribution in [0.25, 0.3) is 5.70 Å². The van der Waals surface area contributed by atoms with E-state index in [1.807, 2.05) is 0 Å². The third kappa shape index (κ3) is 2.44. The zero-order valence-electron chi connectivity index (χ0n) is 10.2. The van der Waals surface area contributed by atoms with Crippen LogP contribution in [-0.2, 0) is 10.4 Å². The Kier molecular flexibility index (Phi) is 3.88. The van der Waals surface area contributed by atoms with E-state index in [-0.39, 0.29) is 0 Å². The fourth-order valence-electron chi connectivity index (χ4n) is 1.77. The summed E-state index contributed by atoms with van der Waals surface area (Å²) in [6, 6.07) is 1.60. The molecule has 2 aromatic rings. The van der Waals surface area contributed by atoms with E-state index >= 15 is 0 Å². The third-order valence-corrected chi connectivity index (χ3v) is 2.76. The molecule has 0 bridgehead atoms. The molecule has 0 aliphatic carbocycles. The standard InChI is InChI=1S/C12H7F4N3O2/c13-7-1-2-8(9(14)3-7)12(21,11(15)16)10(4-20)19-6-17-5-18-19/h1-3,5-6,11,21H. The van der Waals surface area contributed by atoms with Crippen molar-refractivity contribution in [3.05, 3.63) is 48.1 Å². The van der Waals surface area contributed by atoms with E-state index in [2.05, 4.69) is 10.1 Å². The molecular weight excluding hydrogens is 294 g/mol. The summed E-state index contributed by atoms with van der Waals surface area (Å²) in [5.74, 6) is -1.36. The molecule has 1 unspecified atom stereocenters. The van der Waals surface area contributed by atoms with Crippen molar-refractivity contribution in [2.75, 3.05) is 0 Å². The second-order valence-corrected chi connectivity index (χ2v) is 3.98. The van der Waals surface area contributed by atoms with Gasteiger partial charge < -0.3 is 5.11 Å². The quantitative estimate of drug-likeness (QED) is 0.684. The van der Waals surface area contributed by atoms with Crippen LogP contribution in [0.2, 0.25) is 0 Å². The van der Waals surface area contributed by atoms with Crippen LogP contribution in [-0.4, -0.2) is 32.2 Å². The average Bonchev–Trinajstić information content (AvgIpc) is 2.92. The van der Waals surface area contributed by atoms with Crippen molar-refractivity contribution >= 4 is 11.6 Å². The molecule has 0 spiro atoms. The lowest BCUT2D eigenvalue weighted by Gasteiger charge is -2.28. The van der Waals surface area contributed by atoms with Crippen molar-refractivity contribution < 1.29 is 27.5 Å². The minimum absolute atomic E-state index is 0.312. The third-order valence-electron chi connectivity index (χ3n) is 2.76. The summed E-state index contributed by atoms with van der Waals surface area (Å²) >= 11 is 0. The molecule has 0 saturated carbocycles. The van der Waals surface area contributed by atoms with Crippen LogP contribution in [0.3, 0.4) is 0 Å². The second-order valence-electron chi connectivity index (χ2n) is 3.98. The van der Waals surface area contributed by atoms with Gasteiger partial charge >= 0.3 is 0 Å². The molecule has 0 radical (unpaired) electrons. The maximum atomic E-state index is 13.7. The average molecular weight is 301 g/mol. The molecule has 9 heteroatoms. The Labute approximate surface area is 115 Å². The van der Waals surface area contributed by atoms with Crippen LogP contribution in [0.15, 0.2) is 30.9 Å². The Balaban J connectivity index is 2.68. The number of hydrogen-bond donors (Lipinski definition) is 1. The Morgan fingerprint density at radius 3 is 2.57 bits per heavy atom. The smallest absolute Gasteiger partial charge is 0.277 e. The number of benzene rings is 1. The number of aliphatic hydroxyl groups is 1. The van der Waals surface area contributed by atoms with Gasteiger partial charge in [0.2, 0.25) is 5.60 Å². The van der Waals surface area contributed by atoms with E-state index in [1.54, 1.807) is 0 Å². The molecule has 1 atom stereocenters. The van der Waals surface area contributed by atoms with Crippen molar-refractivity contribution in [3.8, 4) is 0 Å². The molecule has 0 saturated heterocycles. The van der Waals surface area contributed by atoms with Gasteiger partial charge in [-0.25, -0.2) is 32.0 Å². The molecule has 1 N–H and O–H groups in total. The maximum absolute atomic E-state index is 13.7. The van der Waals surface area contributed by atoms with E-state index in [0.717, 1.165) is 18.6 Å². The SMILES string of the molecule is O=C=C(n1cncn1)C(O)(c1ccc(F)cc1F)C(F)F. The first-order chi connectivity index (χ1) is 9.91. The van der Waals surface area contributed by atoms with Gasteiger partial charge in [0, 0.05) is 11.6 Å². The monoisotopic (exact) mass is 301 g/mol. The number of nitrogens with zero attached hydrogens (tertiary/aromatic N) is 3. The molecule has 21 heavy (non-hydrogen) atoms. The first kappa shape index (κ1) is 14.9. The normalized spacial score (nSPS) is 13.8. The van der Waals surface area contributed by atoms with Gasteiger partial charge in [-0.05, 0) is 12.1 Å². The number of hydrogen-bond acceptors (Lipinski definition) is 4. The van der Waals surface area contributed by atoms with Crippen LogP contribution in [0, 0.1) is 11.6 Å². The lowest BCUT2D eigenvalue weighted by Crippen LogP contribution is -2.39. The number of halogens is 4. The number of rotatable bonds is 4. The van der Waals surface area contributed by atoms with Crippen molar-refractivity contribution in [1.29, 1.82) is 0 Å². The summed E-state index contributed by atoms with van der Waals surface area (Å²) in [4.78, 5) is 14.4. The zero-order valence-corrected chi connectivity index (χ0v) is 10.2. The van der Waals surface area contributed by atoms with Crippen LogP contribution < -0.4 is 0 Å². The zero-order chi connectivity index (χ0) is 15.6. The van der Waals surface area contributed by atoms with Crippen molar-refractivity contribution in [2.24, 2.45) is 0 Å². The van der Waals surface area contributed by atoms with Crippen LogP contribution in [0.4, 0.5) is 17.6 Å². The van der Waals surface area contributed by atoms with E-state index in [4.69, 9.17) is 0 Å². The first-order valence-corrected chi connectivity index (χ1v) is 5.48. The highest BCUT2D eigenvalue weighted by molar-refractivity contribution is 5.82. The number of aromatic nitrogens is 3. The lowest BCUT2D eigenvalue weighted by molar-refractivity contribution is -0.0638. The summed E-state index contributed by atoms with van der Waals surface area (Å²) in [5.41, 5.74) is -5.40. The molecule has 5 nitrogen and oxygen atoms in total. The summed E-state index contributed by atoms with van der Waals surface area (Å²) in [5, 5.41) is 13.6. The van der Waals surface area contributed by atoms with Gasteiger partial charge in [0.05, 0.1) is 0 Å².